The number of hydrogen-bond acceptors (Lipinski definition) is 2. The molecule has 0 aromatic carbocycles. The first-order chi connectivity index (χ1) is 8.54. The van der Waals surface area contributed by atoms with E-state index < -0.39 is 6.10 Å². The van der Waals surface area contributed by atoms with Gasteiger partial charge in [0.2, 0.25) is 0 Å². The average Bonchev–Trinajstić information content (AvgIpc) is 2.33. The molecule has 1 aliphatic rings. The largest absolute Gasteiger partial charge is 0.391 e. The quantitative estimate of drug-likeness (QED) is 0.706. The fourth-order valence-electron chi connectivity index (χ4n) is 2.65. The Hall–Kier alpha value is -0.770. The minimum atomic E-state index is -0.427. The second kappa shape index (κ2) is 7.62. The van der Waals surface area contributed by atoms with E-state index in [4.69, 9.17) is 0 Å². The molecule has 0 spiro atoms. The van der Waals surface area contributed by atoms with Crippen molar-refractivity contribution in [2.45, 2.75) is 65.0 Å². The summed E-state index contributed by atoms with van der Waals surface area (Å²) >= 11 is 0. The molecule has 0 aromatic heterocycles. The number of aliphatic hydroxyl groups is 1. The maximum atomic E-state index is 11.7. The highest BCUT2D eigenvalue weighted by molar-refractivity contribution is 5.74. The third kappa shape index (κ3) is 4.84. The number of hydrogen-bond donors (Lipinski definition) is 3. The number of amides is 2. The standard InChI is InChI=1S/C14H28N2O2/c1-4-6-12(17)9-15-14(18)16-13-8-5-7-10(2)11(13)3/h10-13,17H,4-9H2,1-3H3,(H2,15,16,18). The van der Waals surface area contributed by atoms with Gasteiger partial charge in [0.15, 0.2) is 0 Å². The van der Waals surface area contributed by atoms with Gasteiger partial charge in [-0.25, -0.2) is 4.79 Å². The Morgan fingerprint density at radius 3 is 2.78 bits per heavy atom. The summed E-state index contributed by atoms with van der Waals surface area (Å²) in [5, 5.41) is 15.3. The lowest BCUT2D eigenvalue weighted by molar-refractivity contribution is 0.156. The van der Waals surface area contributed by atoms with Crippen LogP contribution < -0.4 is 10.6 Å². The Morgan fingerprint density at radius 1 is 1.39 bits per heavy atom. The van der Waals surface area contributed by atoms with Crippen LogP contribution in [0.4, 0.5) is 4.79 Å². The molecule has 1 rings (SSSR count). The van der Waals surface area contributed by atoms with Gasteiger partial charge in [-0.15, -0.1) is 0 Å². The van der Waals surface area contributed by atoms with Crippen molar-refractivity contribution in [1.29, 1.82) is 0 Å². The van der Waals surface area contributed by atoms with Gasteiger partial charge in [-0.3, -0.25) is 0 Å². The van der Waals surface area contributed by atoms with Gasteiger partial charge >= 0.3 is 6.03 Å². The highest BCUT2D eigenvalue weighted by Crippen LogP contribution is 2.29. The van der Waals surface area contributed by atoms with Gasteiger partial charge in [0.25, 0.3) is 0 Å². The smallest absolute Gasteiger partial charge is 0.315 e. The number of aliphatic hydroxyl groups excluding tert-OH is 1. The molecule has 4 unspecified atom stereocenters. The van der Waals surface area contributed by atoms with Crippen LogP contribution in [0.5, 0.6) is 0 Å². The topological polar surface area (TPSA) is 61.4 Å². The molecule has 0 aliphatic heterocycles. The van der Waals surface area contributed by atoms with Gasteiger partial charge in [0.1, 0.15) is 0 Å². The summed E-state index contributed by atoms with van der Waals surface area (Å²) in [6.07, 6.45) is 4.75. The molecule has 4 nitrogen and oxygen atoms in total. The predicted molar refractivity (Wildman–Crippen MR) is 73.4 cm³/mol. The molecule has 106 valence electrons. The molecule has 4 heteroatoms. The number of nitrogens with one attached hydrogen (secondary N) is 2. The van der Waals surface area contributed by atoms with E-state index in [2.05, 4.69) is 24.5 Å². The first-order valence-electron chi connectivity index (χ1n) is 7.27. The molecular formula is C14H28N2O2. The van der Waals surface area contributed by atoms with E-state index in [9.17, 15) is 9.90 Å². The van der Waals surface area contributed by atoms with Crippen LogP contribution in [0.25, 0.3) is 0 Å². The van der Waals surface area contributed by atoms with Crippen molar-refractivity contribution in [3.05, 3.63) is 0 Å². The molecule has 0 heterocycles. The van der Waals surface area contributed by atoms with E-state index in [0.29, 0.717) is 18.4 Å². The maximum Gasteiger partial charge on any atom is 0.315 e. The van der Waals surface area contributed by atoms with Crippen molar-refractivity contribution in [3.8, 4) is 0 Å². The molecule has 18 heavy (non-hydrogen) atoms. The minimum absolute atomic E-state index is 0.142. The molecule has 4 atom stereocenters. The van der Waals surface area contributed by atoms with Gasteiger partial charge < -0.3 is 15.7 Å². The van der Waals surface area contributed by atoms with Gasteiger partial charge in [0, 0.05) is 12.6 Å². The van der Waals surface area contributed by atoms with Crippen molar-refractivity contribution in [2.75, 3.05) is 6.54 Å². The van der Waals surface area contributed by atoms with Crippen LogP contribution in [-0.2, 0) is 0 Å². The Bertz CT molecular complexity index is 258. The molecule has 1 fully saturated rings. The summed E-state index contributed by atoms with van der Waals surface area (Å²) in [5.41, 5.74) is 0. The third-order valence-corrected chi connectivity index (χ3v) is 4.14. The zero-order chi connectivity index (χ0) is 13.5. The van der Waals surface area contributed by atoms with Crippen LogP contribution in [0, 0.1) is 11.8 Å². The molecule has 2 amide bonds. The predicted octanol–water partition coefficient (Wildman–Crippen LogP) is 2.27. The summed E-state index contributed by atoms with van der Waals surface area (Å²) in [5.74, 6) is 1.21. The van der Waals surface area contributed by atoms with Crippen molar-refractivity contribution < 1.29 is 9.90 Å². The molecule has 0 aromatic rings. The zero-order valence-corrected chi connectivity index (χ0v) is 11.9. The number of urea groups is 1. The number of rotatable bonds is 5. The van der Waals surface area contributed by atoms with Gasteiger partial charge in [-0.2, -0.15) is 0 Å². The SMILES string of the molecule is CCCC(O)CNC(=O)NC1CCCC(C)C1C. The molecule has 3 N–H and O–H groups in total. The van der Waals surface area contributed by atoms with Crippen LogP contribution in [-0.4, -0.2) is 29.8 Å². The zero-order valence-electron chi connectivity index (χ0n) is 11.9. The van der Waals surface area contributed by atoms with Crippen LogP contribution in [0.3, 0.4) is 0 Å². The van der Waals surface area contributed by atoms with E-state index in [1.165, 1.54) is 12.8 Å². The van der Waals surface area contributed by atoms with E-state index >= 15 is 0 Å². The minimum Gasteiger partial charge on any atom is -0.391 e. The lowest BCUT2D eigenvalue weighted by Gasteiger charge is -2.34. The summed E-state index contributed by atoms with van der Waals surface area (Å²) in [6, 6.07) is 0.133. The molecule has 0 saturated heterocycles. The molecule has 0 radical (unpaired) electrons. The van der Waals surface area contributed by atoms with Crippen LogP contribution >= 0.6 is 0 Å². The summed E-state index contributed by atoms with van der Waals surface area (Å²) in [6.45, 7) is 6.83. The summed E-state index contributed by atoms with van der Waals surface area (Å²) < 4.78 is 0. The molecule has 1 saturated carbocycles. The van der Waals surface area contributed by atoms with Gasteiger partial charge in [-0.05, 0) is 24.7 Å². The Morgan fingerprint density at radius 2 is 2.11 bits per heavy atom. The highest BCUT2D eigenvalue weighted by Gasteiger charge is 2.28. The Balaban J connectivity index is 2.26. The lowest BCUT2D eigenvalue weighted by atomic mass is 9.78. The molecular weight excluding hydrogens is 228 g/mol. The number of carbonyl (C=O) groups excluding carboxylic acids is 1. The van der Waals surface area contributed by atoms with Gasteiger partial charge in [-0.1, -0.05) is 40.0 Å². The van der Waals surface area contributed by atoms with Crippen LogP contribution in [0.1, 0.15) is 52.9 Å². The van der Waals surface area contributed by atoms with Crippen molar-refractivity contribution in [2.24, 2.45) is 11.8 Å². The fourth-order valence-corrected chi connectivity index (χ4v) is 2.65. The van der Waals surface area contributed by atoms with E-state index in [-0.39, 0.29) is 12.1 Å². The molecule has 1 aliphatic carbocycles. The normalized spacial score (nSPS) is 29.7. The number of carbonyl (C=O) groups is 1. The Kier molecular flexibility index (Phi) is 6.47. The van der Waals surface area contributed by atoms with E-state index in [1.807, 2.05) is 6.92 Å². The van der Waals surface area contributed by atoms with Crippen molar-refractivity contribution in [3.63, 3.8) is 0 Å². The van der Waals surface area contributed by atoms with Gasteiger partial charge in [0.05, 0.1) is 6.10 Å². The van der Waals surface area contributed by atoms with Crippen molar-refractivity contribution in [1.82, 2.24) is 10.6 Å². The third-order valence-electron chi connectivity index (χ3n) is 4.14. The van der Waals surface area contributed by atoms with E-state index in [0.717, 1.165) is 19.3 Å². The summed E-state index contributed by atoms with van der Waals surface area (Å²) in [7, 11) is 0. The summed E-state index contributed by atoms with van der Waals surface area (Å²) in [4.78, 5) is 11.7. The maximum absolute atomic E-state index is 11.7. The monoisotopic (exact) mass is 256 g/mol. The first kappa shape index (κ1) is 15.3. The van der Waals surface area contributed by atoms with Crippen LogP contribution in [0.15, 0.2) is 0 Å². The van der Waals surface area contributed by atoms with Crippen molar-refractivity contribution >= 4 is 6.03 Å². The fraction of sp³-hybridized carbons (Fsp3) is 0.929. The second-order valence-electron chi connectivity index (χ2n) is 5.67. The second-order valence-corrected chi connectivity index (χ2v) is 5.67. The molecule has 0 bridgehead atoms. The van der Waals surface area contributed by atoms with Crippen LogP contribution in [0.2, 0.25) is 0 Å². The highest BCUT2D eigenvalue weighted by atomic mass is 16.3. The first-order valence-corrected chi connectivity index (χ1v) is 7.27. The average molecular weight is 256 g/mol. The lowest BCUT2D eigenvalue weighted by Crippen LogP contribution is -2.49. The Labute approximate surface area is 111 Å². The van der Waals surface area contributed by atoms with E-state index in [1.54, 1.807) is 0 Å².